The molecule has 1 aliphatic carbocycles. The highest BCUT2D eigenvalue weighted by molar-refractivity contribution is 14.0. The summed E-state index contributed by atoms with van der Waals surface area (Å²) in [6, 6.07) is 0.870. The Morgan fingerprint density at radius 3 is 2.65 bits per heavy atom. The Kier molecular flexibility index (Phi) is 5.14. The van der Waals surface area contributed by atoms with Crippen LogP contribution in [0.15, 0.2) is 4.99 Å². The van der Waals surface area contributed by atoms with Crippen LogP contribution in [-0.4, -0.2) is 50.0 Å². The lowest BCUT2D eigenvalue weighted by Gasteiger charge is -2.60. The Morgan fingerprint density at radius 2 is 2.00 bits per heavy atom. The normalized spacial score (nSPS) is 44.0. The van der Waals surface area contributed by atoms with Crippen LogP contribution in [0.1, 0.15) is 46.0 Å². The molecule has 1 saturated carbocycles. The monoisotopic (exact) mass is 435 g/mol. The number of rotatable bonds is 2. The van der Waals surface area contributed by atoms with Gasteiger partial charge in [0.25, 0.3) is 0 Å². The summed E-state index contributed by atoms with van der Waals surface area (Å²) in [7, 11) is 1.86. The van der Waals surface area contributed by atoms with Crippen LogP contribution in [0.25, 0.3) is 0 Å². The maximum atomic E-state index is 5.99. The molecule has 4 aliphatic rings. The van der Waals surface area contributed by atoms with E-state index < -0.39 is 0 Å². The Morgan fingerprint density at radius 1 is 1.17 bits per heavy atom. The molecule has 132 valence electrons. The highest BCUT2D eigenvalue weighted by Gasteiger charge is 2.58. The standard InChI is InChI=1S/C17H29N3O2.HI/c1-17(2)14(11-5-4-8-21-15(11)17)20-16(18-3)19-12-9-10-6-7-13(12)22-10;/h10-15H,4-9H2,1-3H3,(H2,18,19,20);1H. The van der Waals surface area contributed by atoms with E-state index in [1.807, 2.05) is 7.05 Å². The first-order chi connectivity index (χ1) is 10.6. The van der Waals surface area contributed by atoms with E-state index in [-0.39, 0.29) is 29.4 Å². The molecule has 6 unspecified atom stereocenters. The van der Waals surface area contributed by atoms with E-state index in [1.54, 1.807) is 0 Å². The van der Waals surface area contributed by atoms with Crippen molar-refractivity contribution in [2.24, 2.45) is 16.3 Å². The number of hydrogen-bond acceptors (Lipinski definition) is 3. The number of fused-ring (bicyclic) bond motifs is 3. The van der Waals surface area contributed by atoms with Gasteiger partial charge >= 0.3 is 0 Å². The predicted molar refractivity (Wildman–Crippen MR) is 101 cm³/mol. The number of nitrogens with one attached hydrogen (secondary N) is 2. The first-order valence-electron chi connectivity index (χ1n) is 8.86. The van der Waals surface area contributed by atoms with Crippen molar-refractivity contribution >= 4 is 29.9 Å². The van der Waals surface area contributed by atoms with Gasteiger partial charge in [0.05, 0.1) is 24.4 Å². The fourth-order valence-electron chi connectivity index (χ4n) is 5.10. The average molecular weight is 435 g/mol. The molecule has 0 aromatic carbocycles. The summed E-state index contributed by atoms with van der Waals surface area (Å²) in [4.78, 5) is 4.46. The minimum atomic E-state index is 0. The van der Waals surface area contributed by atoms with Crippen LogP contribution in [0.4, 0.5) is 0 Å². The molecular weight excluding hydrogens is 405 g/mol. The van der Waals surface area contributed by atoms with Crippen LogP contribution in [0.2, 0.25) is 0 Å². The first kappa shape index (κ1) is 17.7. The zero-order valence-corrected chi connectivity index (χ0v) is 16.7. The minimum Gasteiger partial charge on any atom is -0.377 e. The maximum Gasteiger partial charge on any atom is 0.191 e. The third-order valence-corrected chi connectivity index (χ3v) is 6.28. The molecule has 23 heavy (non-hydrogen) atoms. The second-order valence-corrected chi connectivity index (χ2v) is 7.97. The van der Waals surface area contributed by atoms with E-state index in [0.717, 1.165) is 19.0 Å². The molecule has 6 atom stereocenters. The van der Waals surface area contributed by atoms with E-state index in [4.69, 9.17) is 9.47 Å². The molecule has 0 aromatic heterocycles. The summed E-state index contributed by atoms with van der Waals surface area (Å²) < 4.78 is 11.9. The molecule has 0 radical (unpaired) electrons. The minimum absolute atomic E-state index is 0. The lowest BCUT2D eigenvalue weighted by atomic mass is 9.55. The summed E-state index contributed by atoms with van der Waals surface area (Å²) in [5, 5.41) is 7.28. The molecule has 3 saturated heterocycles. The molecule has 6 heteroatoms. The van der Waals surface area contributed by atoms with Crippen molar-refractivity contribution in [3.8, 4) is 0 Å². The smallest absolute Gasteiger partial charge is 0.191 e. The van der Waals surface area contributed by atoms with E-state index in [9.17, 15) is 0 Å². The predicted octanol–water partition coefficient (Wildman–Crippen LogP) is 2.29. The van der Waals surface area contributed by atoms with Gasteiger partial charge < -0.3 is 20.1 Å². The van der Waals surface area contributed by atoms with Gasteiger partial charge in [-0.25, -0.2) is 0 Å². The maximum absolute atomic E-state index is 5.99. The van der Waals surface area contributed by atoms with Crippen LogP contribution in [0, 0.1) is 11.3 Å². The fourth-order valence-corrected chi connectivity index (χ4v) is 5.10. The van der Waals surface area contributed by atoms with Gasteiger partial charge in [-0.05, 0) is 32.1 Å². The summed E-state index contributed by atoms with van der Waals surface area (Å²) in [5.41, 5.74) is 0.174. The van der Waals surface area contributed by atoms with Crippen molar-refractivity contribution in [2.75, 3.05) is 13.7 Å². The zero-order chi connectivity index (χ0) is 15.3. The number of halogens is 1. The Hall–Kier alpha value is -0.0800. The van der Waals surface area contributed by atoms with Crippen LogP contribution in [0.5, 0.6) is 0 Å². The summed E-state index contributed by atoms with van der Waals surface area (Å²) >= 11 is 0. The molecule has 0 spiro atoms. The van der Waals surface area contributed by atoms with E-state index in [1.165, 1.54) is 25.7 Å². The third-order valence-electron chi connectivity index (χ3n) is 6.28. The Labute approximate surface area is 156 Å². The highest BCUT2D eigenvalue weighted by Crippen LogP contribution is 2.51. The molecule has 3 aliphatic heterocycles. The Balaban J connectivity index is 0.00000156. The molecule has 0 amide bonds. The van der Waals surface area contributed by atoms with Crippen molar-refractivity contribution in [3.63, 3.8) is 0 Å². The summed E-state index contributed by atoms with van der Waals surface area (Å²) in [6.07, 6.45) is 7.23. The number of nitrogens with zero attached hydrogens (tertiary/aromatic N) is 1. The number of hydrogen-bond donors (Lipinski definition) is 2. The lowest BCUT2D eigenvalue weighted by Crippen LogP contribution is -2.71. The largest absolute Gasteiger partial charge is 0.377 e. The van der Waals surface area contributed by atoms with E-state index in [0.29, 0.717) is 36.3 Å². The second kappa shape index (κ2) is 6.67. The van der Waals surface area contributed by atoms with Gasteiger partial charge in [-0.2, -0.15) is 0 Å². The molecule has 2 N–H and O–H groups in total. The van der Waals surface area contributed by atoms with E-state index in [2.05, 4.69) is 29.5 Å². The van der Waals surface area contributed by atoms with E-state index >= 15 is 0 Å². The van der Waals surface area contributed by atoms with Crippen LogP contribution in [-0.2, 0) is 9.47 Å². The molecule has 2 bridgehead atoms. The van der Waals surface area contributed by atoms with Crippen molar-refractivity contribution in [1.29, 1.82) is 0 Å². The van der Waals surface area contributed by atoms with Crippen LogP contribution in [0.3, 0.4) is 0 Å². The van der Waals surface area contributed by atoms with Crippen LogP contribution >= 0.6 is 24.0 Å². The third kappa shape index (κ3) is 2.99. The molecule has 4 fully saturated rings. The quantitative estimate of drug-likeness (QED) is 0.397. The lowest BCUT2D eigenvalue weighted by molar-refractivity contribution is -0.188. The number of ether oxygens (including phenoxy) is 2. The first-order valence-corrected chi connectivity index (χ1v) is 8.86. The van der Waals surface area contributed by atoms with Gasteiger partial charge in [0, 0.05) is 31.0 Å². The van der Waals surface area contributed by atoms with Gasteiger partial charge in [-0.15, -0.1) is 24.0 Å². The Bertz CT molecular complexity index is 471. The van der Waals surface area contributed by atoms with Gasteiger partial charge in [-0.3, -0.25) is 4.99 Å². The summed E-state index contributed by atoms with van der Waals surface area (Å²) in [6.45, 7) is 5.54. The molecule has 5 nitrogen and oxygen atoms in total. The summed E-state index contributed by atoms with van der Waals surface area (Å²) in [5.74, 6) is 1.56. The zero-order valence-electron chi connectivity index (χ0n) is 14.4. The number of aliphatic imine (C=N–C) groups is 1. The molecule has 3 heterocycles. The number of guanidine groups is 1. The topological polar surface area (TPSA) is 54.9 Å². The molecule has 0 aromatic rings. The fraction of sp³-hybridized carbons (Fsp3) is 0.941. The van der Waals surface area contributed by atoms with Crippen molar-refractivity contribution in [3.05, 3.63) is 0 Å². The SMILES string of the molecule is CN=C(NC1CC2CCC1O2)NC1C2CCCOC2C1(C)C.I. The average Bonchev–Trinajstić information content (AvgIpc) is 3.14. The highest BCUT2D eigenvalue weighted by atomic mass is 127. The van der Waals surface area contributed by atoms with Gasteiger partial charge in [-0.1, -0.05) is 13.8 Å². The second-order valence-electron chi connectivity index (χ2n) is 7.97. The van der Waals surface area contributed by atoms with Crippen molar-refractivity contribution in [1.82, 2.24) is 10.6 Å². The van der Waals surface area contributed by atoms with Crippen molar-refractivity contribution in [2.45, 2.75) is 76.3 Å². The van der Waals surface area contributed by atoms with Crippen LogP contribution < -0.4 is 10.6 Å². The van der Waals surface area contributed by atoms with Crippen molar-refractivity contribution < 1.29 is 9.47 Å². The molecule has 4 rings (SSSR count). The van der Waals surface area contributed by atoms with Gasteiger partial charge in [0.2, 0.25) is 0 Å². The molecular formula is C17H30IN3O2. The van der Waals surface area contributed by atoms with Gasteiger partial charge in [0.15, 0.2) is 5.96 Å². The van der Waals surface area contributed by atoms with Gasteiger partial charge in [0.1, 0.15) is 0 Å².